The minimum Gasteiger partial charge on any atom is -0.393 e. The van der Waals surface area contributed by atoms with Gasteiger partial charge in [0.05, 0.1) is 16.6 Å². The number of halogens is 1. The van der Waals surface area contributed by atoms with E-state index >= 15 is 0 Å². The van der Waals surface area contributed by atoms with Crippen molar-refractivity contribution in [2.45, 2.75) is 76.4 Å². The highest BCUT2D eigenvalue weighted by Gasteiger charge is 2.35. The van der Waals surface area contributed by atoms with Crippen LogP contribution in [0, 0.1) is 0 Å². The van der Waals surface area contributed by atoms with Crippen LogP contribution in [-0.2, 0) is 4.79 Å². The molecule has 1 aliphatic heterocycles. The van der Waals surface area contributed by atoms with Crippen LogP contribution >= 0.6 is 11.6 Å². The van der Waals surface area contributed by atoms with Gasteiger partial charge in [0.2, 0.25) is 5.91 Å². The molecular weight excluding hydrogens is 428 g/mol. The lowest BCUT2D eigenvalue weighted by atomic mass is 9.91. The summed E-state index contributed by atoms with van der Waals surface area (Å²) in [5.41, 5.74) is 3.31. The third-order valence-electron chi connectivity index (χ3n) is 7.22. The van der Waals surface area contributed by atoms with Gasteiger partial charge in [-0.3, -0.25) is 9.59 Å². The molecule has 2 amide bonds. The molecule has 2 saturated carbocycles. The van der Waals surface area contributed by atoms with Crippen molar-refractivity contribution in [2.24, 2.45) is 0 Å². The molecule has 0 unspecified atom stereocenters. The number of fused-ring (bicyclic) bond motifs is 1. The van der Waals surface area contributed by atoms with Crippen molar-refractivity contribution in [2.75, 3.05) is 19.6 Å². The first-order valence-electron chi connectivity index (χ1n) is 11.8. The van der Waals surface area contributed by atoms with E-state index in [4.69, 9.17) is 11.6 Å². The first kappa shape index (κ1) is 21.7. The number of aromatic nitrogens is 2. The van der Waals surface area contributed by atoms with E-state index in [9.17, 15) is 14.7 Å². The predicted molar refractivity (Wildman–Crippen MR) is 122 cm³/mol. The maximum Gasteiger partial charge on any atom is 0.276 e. The van der Waals surface area contributed by atoms with Gasteiger partial charge in [0.1, 0.15) is 6.54 Å². The van der Waals surface area contributed by atoms with E-state index in [1.807, 2.05) is 4.90 Å². The second kappa shape index (κ2) is 8.34. The molecule has 0 bridgehead atoms. The van der Waals surface area contributed by atoms with Gasteiger partial charge in [-0.1, -0.05) is 25.4 Å². The molecule has 1 N–H and O–H groups in total. The summed E-state index contributed by atoms with van der Waals surface area (Å²) in [6, 6.07) is 4.42. The third-order valence-corrected chi connectivity index (χ3v) is 7.59. The van der Waals surface area contributed by atoms with Crippen LogP contribution in [0.5, 0.6) is 0 Å². The first-order chi connectivity index (χ1) is 15.3. The molecule has 0 spiro atoms. The van der Waals surface area contributed by atoms with Gasteiger partial charge in [-0.2, -0.15) is 5.10 Å². The number of carbonyl (C=O) groups excluding carboxylic acids is 2. The van der Waals surface area contributed by atoms with Gasteiger partial charge in [-0.25, -0.2) is 4.52 Å². The Bertz CT molecular complexity index is 1050. The van der Waals surface area contributed by atoms with Gasteiger partial charge in [0, 0.05) is 24.8 Å². The molecule has 7 nitrogen and oxygen atoms in total. The lowest BCUT2D eigenvalue weighted by Crippen LogP contribution is -2.56. The van der Waals surface area contributed by atoms with Crippen molar-refractivity contribution in [3.63, 3.8) is 0 Å². The third kappa shape index (κ3) is 3.90. The van der Waals surface area contributed by atoms with Crippen LogP contribution in [0.2, 0.25) is 5.02 Å². The summed E-state index contributed by atoms with van der Waals surface area (Å²) in [6.07, 6.45) is 5.23. The standard InChI is InChI=1S/C24H31ClN4O3/c1-14(2)19-11-16(15-3-4-15)12-20-22(25)23(26-29(19)20)24(32)27-9-10-28(21(31)13-27)17-5-7-18(30)8-6-17/h11-12,14-15,17-18,30H,3-10,13H2,1-2H3. The number of rotatable bonds is 4. The van der Waals surface area contributed by atoms with E-state index in [1.54, 1.807) is 9.42 Å². The molecule has 0 aromatic carbocycles. The molecule has 0 atom stereocenters. The number of hydrogen-bond donors (Lipinski definition) is 1. The second-order valence-electron chi connectivity index (χ2n) is 9.88. The number of aliphatic hydroxyl groups is 1. The van der Waals surface area contributed by atoms with Crippen LogP contribution in [0.1, 0.15) is 86.0 Å². The normalized spacial score (nSPS) is 24.6. The minimum absolute atomic E-state index is 0.0373. The highest BCUT2D eigenvalue weighted by atomic mass is 35.5. The Morgan fingerprint density at radius 1 is 1.12 bits per heavy atom. The fourth-order valence-electron chi connectivity index (χ4n) is 5.13. The average molecular weight is 459 g/mol. The Labute approximate surface area is 193 Å². The molecule has 3 aliphatic rings. The van der Waals surface area contributed by atoms with Crippen LogP contribution < -0.4 is 0 Å². The molecule has 8 heteroatoms. The molecule has 3 fully saturated rings. The van der Waals surface area contributed by atoms with Crippen molar-refractivity contribution in [1.82, 2.24) is 19.4 Å². The molecule has 2 aromatic heterocycles. The van der Waals surface area contributed by atoms with Crippen LogP contribution in [0.25, 0.3) is 5.52 Å². The van der Waals surface area contributed by atoms with E-state index in [-0.39, 0.29) is 42.1 Å². The number of aliphatic hydroxyl groups excluding tert-OH is 1. The Kier molecular flexibility index (Phi) is 5.66. The number of nitrogens with zero attached hydrogens (tertiary/aromatic N) is 4. The maximum absolute atomic E-state index is 13.3. The van der Waals surface area contributed by atoms with Crippen LogP contribution in [-0.4, -0.2) is 68.1 Å². The van der Waals surface area contributed by atoms with Gasteiger partial charge in [-0.05, 0) is 68.1 Å². The Balaban J connectivity index is 1.38. The summed E-state index contributed by atoms with van der Waals surface area (Å²) in [7, 11) is 0. The van der Waals surface area contributed by atoms with Crippen molar-refractivity contribution < 1.29 is 14.7 Å². The molecule has 5 rings (SSSR count). The molecule has 3 heterocycles. The van der Waals surface area contributed by atoms with Gasteiger partial charge in [-0.15, -0.1) is 0 Å². The monoisotopic (exact) mass is 458 g/mol. The van der Waals surface area contributed by atoms with Gasteiger partial charge in [0.15, 0.2) is 5.69 Å². The van der Waals surface area contributed by atoms with Crippen molar-refractivity contribution in [1.29, 1.82) is 0 Å². The quantitative estimate of drug-likeness (QED) is 0.759. The molecule has 2 aliphatic carbocycles. The van der Waals surface area contributed by atoms with Crippen LogP contribution in [0.15, 0.2) is 12.1 Å². The molecule has 2 aromatic rings. The Morgan fingerprint density at radius 2 is 1.84 bits per heavy atom. The summed E-state index contributed by atoms with van der Waals surface area (Å²) in [5, 5.41) is 14.7. The van der Waals surface area contributed by atoms with Crippen molar-refractivity contribution in [3.05, 3.63) is 34.1 Å². The fourth-order valence-corrected chi connectivity index (χ4v) is 5.38. The largest absolute Gasteiger partial charge is 0.393 e. The van der Waals surface area contributed by atoms with E-state index in [0.29, 0.717) is 24.0 Å². The Morgan fingerprint density at radius 3 is 2.47 bits per heavy atom. The van der Waals surface area contributed by atoms with Crippen LogP contribution in [0.4, 0.5) is 0 Å². The summed E-state index contributed by atoms with van der Waals surface area (Å²) in [5.74, 6) is 0.502. The topological polar surface area (TPSA) is 78.2 Å². The lowest BCUT2D eigenvalue weighted by Gasteiger charge is -2.41. The van der Waals surface area contributed by atoms with Crippen LogP contribution in [0.3, 0.4) is 0 Å². The SMILES string of the molecule is CC(C)c1cc(C2CC2)cc2c(Cl)c(C(=O)N3CCN(C4CCC(O)CC4)C(=O)C3)nn12. The molecule has 172 valence electrons. The molecular formula is C24H31ClN4O3. The minimum atomic E-state index is -0.284. The highest BCUT2D eigenvalue weighted by molar-refractivity contribution is 6.36. The number of carbonyl (C=O) groups is 2. The van der Waals surface area contributed by atoms with E-state index in [0.717, 1.165) is 36.9 Å². The Hall–Kier alpha value is -2.12. The van der Waals surface area contributed by atoms with E-state index < -0.39 is 0 Å². The zero-order valence-corrected chi connectivity index (χ0v) is 19.5. The molecule has 1 saturated heterocycles. The highest BCUT2D eigenvalue weighted by Crippen LogP contribution is 2.42. The number of hydrogen-bond acceptors (Lipinski definition) is 4. The smallest absolute Gasteiger partial charge is 0.276 e. The summed E-state index contributed by atoms with van der Waals surface area (Å²) >= 11 is 6.70. The predicted octanol–water partition coefficient (Wildman–Crippen LogP) is 3.58. The zero-order chi connectivity index (χ0) is 22.6. The van der Waals surface area contributed by atoms with Gasteiger partial charge in [0.25, 0.3) is 5.91 Å². The number of piperazine rings is 1. The number of pyridine rings is 1. The van der Waals surface area contributed by atoms with E-state index in [2.05, 4.69) is 31.1 Å². The summed E-state index contributed by atoms with van der Waals surface area (Å²) in [6.45, 7) is 5.26. The van der Waals surface area contributed by atoms with E-state index in [1.165, 1.54) is 18.4 Å². The average Bonchev–Trinajstić information content (AvgIpc) is 3.57. The second-order valence-corrected chi connectivity index (χ2v) is 10.3. The lowest BCUT2D eigenvalue weighted by molar-refractivity contribution is -0.138. The first-order valence-corrected chi connectivity index (χ1v) is 12.2. The van der Waals surface area contributed by atoms with Crippen molar-refractivity contribution >= 4 is 28.9 Å². The fraction of sp³-hybridized carbons (Fsp3) is 0.625. The maximum atomic E-state index is 13.3. The van der Waals surface area contributed by atoms with Gasteiger partial charge >= 0.3 is 0 Å². The summed E-state index contributed by atoms with van der Waals surface area (Å²) < 4.78 is 1.80. The van der Waals surface area contributed by atoms with Gasteiger partial charge < -0.3 is 14.9 Å². The zero-order valence-electron chi connectivity index (χ0n) is 18.8. The molecule has 0 radical (unpaired) electrons. The number of amides is 2. The van der Waals surface area contributed by atoms with Crippen molar-refractivity contribution in [3.8, 4) is 0 Å². The summed E-state index contributed by atoms with van der Waals surface area (Å²) in [4.78, 5) is 29.7. The molecule has 32 heavy (non-hydrogen) atoms.